The van der Waals surface area contributed by atoms with Crippen molar-refractivity contribution in [2.24, 2.45) is 5.92 Å². The predicted octanol–water partition coefficient (Wildman–Crippen LogP) is 5.35. The van der Waals surface area contributed by atoms with E-state index in [0.29, 0.717) is 17.5 Å². The maximum absolute atomic E-state index is 11.5. The lowest BCUT2D eigenvalue weighted by Crippen LogP contribution is -2.41. The van der Waals surface area contributed by atoms with Gasteiger partial charge in [-0.25, -0.2) is 0 Å². The van der Waals surface area contributed by atoms with Crippen LogP contribution in [-0.2, 0) is 4.79 Å². The number of carboxylic acids is 1. The largest absolute Gasteiger partial charge is 0.481 e. The molecule has 0 aromatic heterocycles. The zero-order valence-electron chi connectivity index (χ0n) is 15.4. The van der Waals surface area contributed by atoms with Gasteiger partial charge in [0.1, 0.15) is 0 Å². The highest BCUT2D eigenvalue weighted by Crippen LogP contribution is 2.34. The zero-order valence-corrected chi connectivity index (χ0v) is 16.1. The zero-order chi connectivity index (χ0) is 18.7. The van der Waals surface area contributed by atoms with Gasteiger partial charge in [0.05, 0.1) is 12.0 Å². The minimum atomic E-state index is -0.695. The van der Waals surface area contributed by atoms with Crippen LogP contribution in [0.1, 0.15) is 55.3 Å². The van der Waals surface area contributed by atoms with Crippen molar-refractivity contribution >= 4 is 17.6 Å². The number of benzene rings is 2. The fraction of sp³-hybridized carbons (Fsp3) is 0.409. The van der Waals surface area contributed by atoms with Crippen LogP contribution in [0.4, 0.5) is 0 Å². The topological polar surface area (TPSA) is 40.5 Å². The van der Waals surface area contributed by atoms with Gasteiger partial charge in [-0.3, -0.25) is 9.69 Å². The van der Waals surface area contributed by atoms with Crippen LogP contribution < -0.4 is 0 Å². The molecule has 2 aromatic rings. The molecular formula is C22H26ClNO2. The Labute approximate surface area is 160 Å². The molecule has 1 saturated heterocycles. The van der Waals surface area contributed by atoms with Crippen LogP contribution in [0.5, 0.6) is 0 Å². The molecule has 0 spiro atoms. The smallest absolute Gasteiger partial charge is 0.307 e. The number of hydrogen-bond acceptors (Lipinski definition) is 2. The van der Waals surface area contributed by atoms with E-state index in [2.05, 4.69) is 43.0 Å². The molecule has 0 bridgehead atoms. The molecule has 2 atom stereocenters. The highest BCUT2D eigenvalue weighted by molar-refractivity contribution is 6.30. The van der Waals surface area contributed by atoms with E-state index < -0.39 is 5.97 Å². The number of piperidine rings is 1. The monoisotopic (exact) mass is 371 g/mol. The summed E-state index contributed by atoms with van der Waals surface area (Å²) >= 11 is 6.08. The number of aliphatic carboxylic acids is 1. The van der Waals surface area contributed by atoms with Crippen molar-refractivity contribution in [3.8, 4) is 0 Å². The first-order valence-corrected chi connectivity index (χ1v) is 9.65. The van der Waals surface area contributed by atoms with Crippen molar-refractivity contribution < 1.29 is 9.90 Å². The van der Waals surface area contributed by atoms with E-state index in [4.69, 9.17) is 11.6 Å². The SMILES string of the molecule is CC(C)c1ccc(C(c2ccc(Cl)cc2)N2CCCC(C(=O)O)C2)cc1. The Morgan fingerprint density at radius 3 is 2.12 bits per heavy atom. The average molecular weight is 372 g/mol. The second-order valence-corrected chi connectivity index (χ2v) is 7.88. The Bertz CT molecular complexity index is 740. The summed E-state index contributed by atoms with van der Waals surface area (Å²) in [7, 11) is 0. The lowest BCUT2D eigenvalue weighted by molar-refractivity contribution is -0.143. The summed E-state index contributed by atoms with van der Waals surface area (Å²) in [6.07, 6.45) is 1.66. The summed E-state index contributed by atoms with van der Waals surface area (Å²) in [4.78, 5) is 13.8. The fourth-order valence-electron chi connectivity index (χ4n) is 3.76. The van der Waals surface area contributed by atoms with E-state index in [-0.39, 0.29) is 12.0 Å². The standard InChI is InChI=1S/C22H26ClNO2/c1-15(2)16-5-7-17(8-6-16)21(18-9-11-20(23)12-10-18)24-13-3-4-19(14-24)22(25)26/h5-12,15,19,21H,3-4,13-14H2,1-2H3,(H,25,26). The van der Waals surface area contributed by atoms with Gasteiger partial charge < -0.3 is 5.11 Å². The molecule has 138 valence electrons. The number of carbonyl (C=O) groups is 1. The van der Waals surface area contributed by atoms with Crippen LogP contribution in [0.15, 0.2) is 48.5 Å². The highest BCUT2D eigenvalue weighted by Gasteiger charge is 2.31. The fourth-order valence-corrected chi connectivity index (χ4v) is 3.89. The van der Waals surface area contributed by atoms with Crippen molar-refractivity contribution in [3.63, 3.8) is 0 Å². The first-order chi connectivity index (χ1) is 12.5. The molecule has 1 aliphatic heterocycles. The molecule has 3 rings (SSSR count). The number of carboxylic acid groups (broad SMARTS) is 1. The van der Waals surface area contributed by atoms with E-state index >= 15 is 0 Å². The quantitative estimate of drug-likeness (QED) is 0.770. The lowest BCUT2D eigenvalue weighted by atomic mass is 9.90. The molecule has 4 heteroatoms. The van der Waals surface area contributed by atoms with Crippen molar-refractivity contribution in [3.05, 3.63) is 70.2 Å². The van der Waals surface area contributed by atoms with Crippen LogP contribution in [-0.4, -0.2) is 29.1 Å². The molecule has 2 aromatic carbocycles. The third kappa shape index (κ3) is 4.28. The lowest BCUT2D eigenvalue weighted by Gasteiger charge is -2.37. The first kappa shape index (κ1) is 18.9. The third-order valence-corrected chi connectivity index (χ3v) is 5.52. The Morgan fingerprint density at radius 1 is 1.04 bits per heavy atom. The van der Waals surface area contributed by atoms with Crippen LogP contribution in [0.3, 0.4) is 0 Å². The molecule has 0 radical (unpaired) electrons. The van der Waals surface area contributed by atoms with Gasteiger partial charge in [0.25, 0.3) is 0 Å². The van der Waals surface area contributed by atoms with Gasteiger partial charge in [-0.15, -0.1) is 0 Å². The summed E-state index contributed by atoms with van der Waals surface area (Å²) in [6, 6.07) is 16.7. The van der Waals surface area contributed by atoms with E-state index in [0.717, 1.165) is 24.9 Å². The van der Waals surface area contributed by atoms with Gasteiger partial charge in [0.2, 0.25) is 0 Å². The van der Waals surface area contributed by atoms with Gasteiger partial charge >= 0.3 is 5.97 Å². The molecule has 0 amide bonds. The van der Waals surface area contributed by atoms with Crippen LogP contribution in [0.25, 0.3) is 0 Å². The average Bonchev–Trinajstić information content (AvgIpc) is 2.64. The second-order valence-electron chi connectivity index (χ2n) is 7.45. The number of nitrogens with zero attached hydrogens (tertiary/aromatic N) is 1. The predicted molar refractivity (Wildman–Crippen MR) is 106 cm³/mol. The van der Waals surface area contributed by atoms with E-state index in [1.807, 2.05) is 24.3 Å². The first-order valence-electron chi connectivity index (χ1n) is 9.28. The molecule has 0 aliphatic carbocycles. The molecular weight excluding hydrogens is 346 g/mol. The number of likely N-dealkylation sites (tertiary alicyclic amines) is 1. The summed E-state index contributed by atoms with van der Waals surface area (Å²) in [5.41, 5.74) is 3.66. The molecule has 1 aliphatic rings. The van der Waals surface area contributed by atoms with E-state index in [1.54, 1.807) is 0 Å². The molecule has 26 heavy (non-hydrogen) atoms. The van der Waals surface area contributed by atoms with Gasteiger partial charge in [-0.2, -0.15) is 0 Å². The van der Waals surface area contributed by atoms with Gasteiger partial charge in [-0.05, 0) is 54.1 Å². The van der Waals surface area contributed by atoms with Crippen LogP contribution in [0, 0.1) is 5.92 Å². The molecule has 2 unspecified atom stereocenters. The van der Waals surface area contributed by atoms with E-state index in [1.165, 1.54) is 11.1 Å². The normalized spacial score (nSPS) is 19.5. The maximum Gasteiger partial charge on any atom is 0.307 e. The molecule has 1 N–H and O–H groups in total. The molecule has 3 nitrogen and oxygen atoms in total. The Morgan fingerprint density at radius 2 is 1.58 bits per heavy atom. The second kappa shape index (κ2) is 8.24. The Kier molecular flexibility index (Phi) is 6.00. The van der Waals surface area contributed by atoms with Gasteiger partial charge in [0, 0.05) is 11.6 Å². The number of rotatable bonds is 5. The maximum atomic E-state index is 11.5. The molecule has 1 heterocycles. The summed E-state index contributed by atoms with van der Waals surface area (Å²) in [6.45, 7) is 5.86. The summed E-state index contributed by atoms with van der Waals surface area (Å²) in [5.74, 6) is -0.502. The third-order valence-electron chi connectivity index (χ3n) is 5.27. The number of hydrogen-bond donors (Lipinski definition) is 1. The van der Waals surface area contributed by atoms with Gasteiger partial charge in [-0.1, -0.05) is 61.8 Å². The van der Waals surface area contributed by atoms with Crippen molar-refractivity contribution in [1.29, 1.82) is 0 Å². The Balaban J connectivity index is 1.96. The number of halogens is 1. The highest BCUT2D eigenvalue weighted by atomic mass is 35.5. The molecule has 0 saturated carbocycles. The van der Waals surface area contributed by atoms with Crippen molar-refractivity contribution in [1.82, 2.24) is 4.90 Å². The van der Waals surface area contributed by atoms with Crippen molar-refractivity contribution in [2.75, 3.05) is 13.1 Å². The molecule has 1 fully saturated rings. The summed E-state index contributed by atoms with van der Waals surface area (Å²) in [5, 5.41) is 10.2. The minimum Gasteiger partial charge on any atom is -0.481 e. The van der Waals surface area contributed by atoms with Crippen molar-refractivity contribution in [2.45, 2.75) is 38.6 Å². The van der Waals surface area contributed by atoms with Crippen LogP contribution in [0.2, 0.25) is 5.02 Å². The van der Waals surface area contributed by atoms with Crippen LogP contribution >= 0.6 is 11.6 Å². The summed E-state index contributed by atoms with van der Waals surface area (Å²) < 4.78 is 0. The minimum absolute atomic E-state index is 0.0515. The Hall–Kier alpha value is -1.84. The van der Waals surface area contributed by atoms with Gasteiger partial charge in [0.15, 0.2) is 0 Å². The van der Waals surface area contributed by atoms with E-state index in [9.17, 15) is 9.90 Å².